The van der Waals surface area contributed by atoms with E-state index in [1.807, 2.05) is 24.3 Å². The summed E-state index contributed by atoms with van der Waals surface area (Å²) in [6.45, 7) is 10.9. The molecule has 2 aliphatic heterocycles. The van der Waals surface area contributed by atoms with Crippen molar-refractivity contribution in [3.8, 4) is 0 Å². The molecule has 2 fully saturated rings. The summed E-state index contributed by atoms with van der Waals surface area (Å²) in [5, 5.41) is 8.69. The van der Waals surface area contributed by atoms with Crippen LogP contribution in [0.2, 0.25) is 0 Å². The monoisotopic (exact) mass is 378 g/mol. The molecule has 0 bridgehead atoms. The van der Waals surface area contributed by atoms with Crippen molar-refractivity contribution in [3.05, 3.63) is 24.3 Å². The molecule has 3 heterocycles. The minimum atomic E-state index is -2.52. The molecule has 2 aromatic rings. The Kier molecular flexibility index (Phi) is 5.41. The molecule has 0 amide bonds. The summed E-state index contributed by atoms with van der Waals surface area (Å²) in [5.74, 6) is 0. The van der Waals surface area contributed by atoms with E-state index in [-0.39, 0.29) is 0 Å². The fourth-order valence-electron chi connectivity index (χ4n) is 4.46. The molecule has 0 atom stereocenters. The van der Waals surface area contributed by atoms with Crippen LogP contribution in [0.3, 0.4) is 0 Å². The second kappa shape index (κ2) is 7.77. The van der Waals surface area contributed by atoms with Crippen molar-refractivity contribution in [1.29, 1.82) is 0 Å². The molecule has 144 valence electrons. The third-order valence-electron chi connectivity index (χ3n) is 5.74. The molecule has 4 rings (SSSR count). The van der Waals surface area contributed by atoms with Gasteiger partial charge in [-0.25, -0.2) is 0 Å². The van der Waals surface area contributed by atoms with Crippen molar-refractivity contribution in [1.82, 2.24) is 29.2 Å². The van der Waals surface area contributed by atoms with Crippen molar-refractivity contribution in [2.75, 3.05) is 39.3 Å². The van der Waals surface area contributed by atoms with Crippen LogP contribution in [-0.2, 0) is 0 Å². The molecule has 2 saturated heterocycles. The van der Waals surface area contributed by atoms with Crippen LogP contribution in [0.15, 0.2) is 24.3 Å². The van der Waals surface area contributed by atoms with Gasteiger partial charge in [0, 0.05) is 0 Å². The van der Waals surface area contributed by atoms with Crippen LogP contribution in [0.25, 0.3) is 11.0 Å². The Morgan fingerprint density at radius 3 is 2.12 bits per heavy atom. The van der Waals surface area contributed by atoms with E-state index in [1.54, 1.807) is 4.85 Å². The number of hydrogen-bond donors (Lipinski definition) is 0. The Morgan fingerprint density at radius 2 is 1.54 bits per heavy atom. The third kappa shape index (κ3) is 3.01. The van der Waals surface area contributed by atoms with Crippen molar-refractivity contribution in [3.63, 3.8) is 0 Å². The van der Waals surface area contributed by atoms with Gasteiger partial charge in [-0.05, 0) is 0 Å². The first-order valence-corrected chi connectivity index (χ1v) is 11.8. The summed E-state index contributed by atoms with van der Waals surface area (Å²) in [6.07, 6.45) is 5.02. The van der Waals surface area contributed by atoms with Gasteiger partial charge >= 0.3 is 156 Å². The topological polar surface area (TPSA) is 49.7 Å². The van der Waals surface area contributed by atoms with Gasteiger partial charge in [0.2, 0.25) is 0 Å². The number of aromatic nitrogens is 3. The molecule has 1 aromatic heterocycles. The summed E-state index contributed by atoms with van der Waals surface area (Å²) in [4.78, 5) is 1.70. The van der Waals surface area contributed by atoms with Crippen molar-refractivity contribution in [2.45, 2.75) is 39.5 Å². The molecule has 0 aliphatic carbocycles. The second-order valence-corrected chi connectivity index (χ2v) is 10.4. The molecule has 0 saturated carbocycles. The van der Waals surface area contributed by atoms with Gasteiger partial charge in [-0.2, -0.15) is 0 Å². The first kappa shape index (κ1) is 18.1. The average Bonchev–Trinajstić information content (AvgIpc) is 3.43. The van der Waals surface area contributed by atoms with E-state index in [4.69, 9.17) is 4.62 Å². The first-order valence-electron chi connectivity index (χ1n) is 10.0. The summed E-state index contributed by atoms with van der Waals surface area (Å²) in [5.41, 5.74) is 1.84. The SMILES string of the molecule is CCN(CC)[PH](On1nnc2ccccc21)(N1CCCC1)N1CCCC1. The van der Waals surface area contributed by atoms with Crippen molar-refractivity contribution < 1.29 is 4.62 Å². The predicted octanol–water partition coefficient (Wildman–Crippen LogP) is 2.80. The number of benzene rings is 1. The van der Waals surface area contributed by atoms with E-state index in [0.29, 0.717) is 0 Å². The van der Waals surface area contributed by atoms with Crippen LogP contribution < -0.4 is 4.62 Å². The van der Waals surface area contributed by atoms with Gasteiger partial charge in [0.25, 0.3) is 0 Å². The Labute approximate surface area is 156 Å². The molecule has 7 nitrogen and oxygen atoms in total. The first-order chi connectivity index (χ1) is 12.8. The van der Waals surface area contributed by atoms with E-state index in [2.05, 4.69) is 38.2 Å². The summed E-state index contributed by atoms with van der Waals surface area (Å²) in [7, 11) is -2.52. The van der Waals surface area contributed by atoms with Gasteiger partial charge in [-0.15, -0.1) is 0 Å². The van der Waals surface area contributed by atoms with Gasteiger partial charge in [0.15, 0.2) is 0 Å². The van der Waals surface area contributed by atoms with Crippen LogP contribution >= 0.6 is 7.94 Å². The van der Waals surface area contributed by atoms with Crippen LogP contribution in [-0.4, -0.2) is 68.4 Å². The standard InChI is InChI=1S/C18H31N6OP/c1-3-21(4-2)26(22-13-7-8-14-22,23-15-9-10-16-23)25-24-18-12-6-5-11-17(18)19-20-24/h5-6,11-12,26H,3-4,7-10,13-16H2,1-2H3. The van der Waals surface area contributed by atoms with Crippen LogP contribution in [0.5, 0.6) is 0 Å². The van der Waals surface area contributed by atoms with Gasteiger partial charge in [0.05, 0.1) is 0 Å². The van der Waals surface area contributed by atoms with Crippen molar-refractivity contribution >= 4 is 19.0 Å². The molecule has 0 N–H and O–H groups in total. The average molecular weight is 378 g/mol. The minimum absolute atomic E-state index is 0.887. The Balaban J connectivity index is 1.79. The zero-order chi connectivity index (χ0) is 18.0. The van der Waals surface area contributed by atoms with Crippen LogP contribution in [0.4, 0.5) is 0 Å². The Bertz CT molecular complexity index is 700. The molecule has 8 heteroatoms. The zero-order valence-corrected chi connectivity index (χ0v) is 17.0. The number of hydrogen-bond acceptors (Lipinski definition) is 6. The predicted molar refractivity (Wildman–Crippen MR) is 107 cm³/mol. The van der Waals surface area contributed by atoms with Gasteiger partial charge in [0.1, 0.15) is 0 Å². The zero-order valence-electron chi connectivity index (χ0n) is 16.0. The molecule has 1 aromatic carbocycles. The molecule has 26 heavy (non-hydrogen) atoms. The molecular formula is C18H31N6OP. The number of rotatable bonds is 7. The molecule has 0 spiro atoms. The summed E-state index contributed by atoms with van der Waals surface area (Å²) >= 11 is 0. The summed E-state index contributed by atoms with van der Waals surface area (Å²) < 4.78 is 14.8. The quantitative estimate of drug-likeness (QED) is 0.691. The number of para-hydroxylation sites is 1. The van der Waals surface area contributed by atoms with Gasteiger partial charge in [-0.3, -0.25) is 0 Å². The normalized spacial score (nSPS) is 20.4. The Morgan fingerprint density at radius 1 is 0.962 bits per heavy atom. The summed E-state index contributed by atoms with van der Waals surface area (Å²) in [6, 6.07) is 8.06. The fraction of sp³-hybridized carbons (Fsp3) is 0.667. The molecule has 0 unspecified atom stereocenters. The van der Waals surface area contributed by atoms with Gasteiger partial charge in [-0.1, -0.05) is 0 Å². The number of fused-ring (bicyclic) bond motifs is 1. The van der Waals surface area contributed by atoms with E-state index < -0.39 is 7.94 Å². The van der Waals surface area contributed by atoms with E-state index >= 15 is 0 Å². The van der Waals surface area contributed by atoms with Crippen LogP contribution in [0, 0.1) is 0 Å². The van der Waals surface area contributed by atoms with E-state index in [9.17, 15) is 0 Å². The fourth-order valence-corrected chi connectivity index (χ4v) is 8.99. The molecular weight excluding hydrogens is 347 g/mol. The molecule has 0 radical (unpaired) electrons. The number of nitrogens with zero attached hydrogens (tertiary/aromatic N) is 6. The maximum absolute atomic E-state index is 6.93. The Hall–Kier alpha value is -1.27. The van der Waals surface area contributed by atoms with Gasteiger partial charge < -0.3 is 0 Å². The maximum atomic E-state index is 6.93. The van der Waals surface area contributed by atoms with Crippen molar-refractivity contribution in [2.24, 2.45) is 0 Å². The van der Waals surface area contributed by atoms with E-state index in [1.165, 1.54) is 25.7 Å². The third-order valence-corrected chi connectivity index (χ3v) is 10.2. The molecule has 2 aliphatic rings. The second-order valence-electron chi connectivity index (χ2n) is 7.18. The van der Waals surface area contributed by atoms with E-state index in [0.717, 1.165) is 50.3 Å². The van der Waals surface area contributed by atoms with Crippen LogP contribution in [0.1, 0.15) is 39.5 Å².